The fourth-order valence-corrected chi connectivity index (χ4v) is 6.71. The molecule has 2 fully saturated rings. The third-order valence-corrected chi connectivity index (χ3v) is 8.06. The number of nitrogens with zero attached hydrogens (tertiary/aromatic N) is 4. The van der Waals surface area contributed by atoms with Crippen LogP contribution in [0.3, 0.4) is 0 Å². The molecule has 0 saturated carbocycles. The van der Waals surface area contributed by atoms with Crippen LogP contribution >= 0.6 is 0 Å². The highest BCUT2D eigenvalue weighted by atomic mass is 16.3. The van der Waals surface area contributed by atoms with Gasteiger partial charge in [-0.3, -0.25) is 0 Å². The van der Waals surface area contributed by atoms with Gasteiger partial charge in [-0.25, -0.2) is 10.0 Å². The molecule has 6 heteroatoms. The second-order valence-electron chi connectivity index (χ2n) is 9.91. The van der Waals surface area contributed by atoms with Crippen molar-refractivity contribution >= 4 is 0 Å². The van der Waals surface area contributed by atoms with E-state index in [1.54, 1.807) is 10.0 Å². The molecule has 0 N–H and O–H groups in total. The molecule has 0 radical (unpaired) electrons. The second-order valence-corrected chi connectivity index (χ2v) is 9.91. The van der Waals surface area contributed by atoms with Gasteiger partial charge in [-0.1, -0.05) is 121 Å². The average molecular weight is 489 g/mol. The third kappa shape index (κ3) is 3.99. The average Bonchev–Trinajstić information content (AvgIpc) is 2.98. The van der Waals surface area contributed by atoms with Crippen molar-refractivity contribution < 1.29 is 0 Å². The second kappa shape index (κ2) is 9.97. The van der Waals surface area contributed by atoms with Gasteiger partial charge >= 0.3 is 0 Å². The summed E-state index contributed by atoms with van der Waals surface area (Å²) in [7, 11) is 0. The molecule has 0 unspecified atom stereocenters. The molecule has 2 aliphatic heterocycles. The largest absolute Gasteiger partial charge is 0.245 e. The molecule has 0 spiro atoms. The Morgan fingerprint density at radius 1 is 0.432 bits per heavy atom. The van der Waals surface area contributed by atoms with Crippen molar-refractivity contribution in [2.24, 2.45) is 22.4 Å². The minimum Gasteiger partial charge on any atom is -0.245 e. The number of piperidine rings is 2. The molecule has 2 heterocycles. The van der Waals surface area contributed by atoms with Crippen molar-refractivity contribution in [3.63, 3.8) is 0 Å². The molecule has 2 saturated heterocycles. The lowest BCUT2D eigenvalue weighted by molar-refractivity contribution is -0.126. The van der Waals surface area contributed by atoms with Crippen molar-refractivity contribution in [1.82, 2.24) is 10.0 Å². The van der Waals surface area contributed by atoms with Gasteiger partial charge in [-0.05, 0) is 28.7 Å². The maximum atomic E-state index is 12.8. The maximum absolute atomic E-state index is 12.8. The van der Waals surface area contributed by atoms with Crippen LogP contribution in [0, 0.1) is 21.6 Å². The van der Waals surface area contributed by atoms with Gasteiger partial charge in [0, 0.05) is 11.8 Å². The van der Waals surface area contributed by atoms with Crippen LogP contribution < -0.4 is 0 Å². The summed E-state index contributed by atoms with van der Waals surface area (Å²) in [4.78, 5) is 25.5. The predicted octanol–water partition coefficient (Wildman–Crippen LogP) is 7.57. The van der Waals surface area contributed by atoms with Gasteiger partial charge < -0.3 is 0 Å². The zero-order chi connectivity index (χ0) is 25.2. The molecule has 6 rings (SSSR count). The molecule has 0 amide bonds. The Labute approximate surface area is 216 Å². The van der Waals surface area contributed by atoms with Gasteiger partial charge in [0.25, 0.3) is 0 Å². The fourth-order valence-electron chi connectivity index (χ4n) is 6.71. The Hall–Kier alpha value is -4.32. The SMILES string of the molecule is O=NN1[C@H](c2ccccc2)C2CC([C@@H]1c1ccccc1)[C@H](c1ccccc1)N(N=O)[C@@H]2c1ccccc1. The Kier molecular flexibility index (Phi) is 6.23. The molecule has 37 heavy (non-hydrogen) atoms. The number of benzene rings is 4. The summed E-state index contributed by atoms with van der Waals surface area (Å²) >= 11 is 0. The minimum atomic E-state index is -0.314. The molecule has 0 aliphatic carbocycles. The van der Waals surface area contributed by atoms with Crippen molar-refractivity contribution in [2.45, 2.75) is 30.6 Å². The van der Waals surface area contributed by atoms with Crippen LogP contribution in [0.15, 0.2) is 132 Å². The van der Waals surface area contributed by atoms with Gasteiger partial charge in [-0.15, -0.1) is 9.81 Å². The van der Waals surface area contributed by atoms with E-state index >= 15 is 0 Å². The summed E-state index contributed by atoms with van der Waals surface area (Å²) in [6.07, 6.45) is 0.816. The summed E-state index contributed by atoms with van der Waals surface area (Å²) in [6.45, 7) is 0. The minimum absolute atomic E-state index is 0.0786. The summed E-state index contributed by atoms with van der Waals surface area (Å²) < 4.78 is 0. The monoisotopic (exact) mass is 488 g/mol. The van der Waals surface area contributed by atoms with Crippen LogP contribution in [0.5, 0.6) is 0 Å². The summed E-state index contributed by atoms with van der Waals surface area (Å²) in [5.41, 5.74) is 4.04. The van der Waals surface area contributed by atoms with Gasteiger partial charge in [0.1, 0.15) is 0 Å². The number of rotatable bonds is 6. The quantitative estimate of drug-likeness (QED) is 0.263. The van der Waals surface area contributed by atoms with Gasteiger partial charge in [0.05, 0.1) is 34.7 Å². The predicted molar refractivity (Wildman–Crippen MR) is 144 cm³/mol. The van der Waals surface area contributed by atoms with E-state index in [0.29, 0.717) is 0 Å². The molecule has 184 valence electrons. The standard InChI is InChI=1S/C31H28N4O2/c36-32-34-28(22-13-5-1-6-14-22)26-21-27(30(34)24-17-9-3-10-18-24)31(25-19-11-4-12-20-25)35(33-37)29(26)23-15-7-2-8-16-23/h1-20,26-31H,21H2/t26?,27?,28-,29-,30+,31+. The first kappa shape index (κ1) is 23.1. The van der Waals surface area contributed by atoms with Crippen LogP contribution in [-0.4, -0.2) is 10.0 Å². The first-order chi connectivity index (χ1) is 18.3. The van der Waals surface area contributed by atoms with Gasteiger partial charge in [0.15, 0.2) is 0 Å². The molecule has 0 aromatic heterocycles. The summed E-state index contributed by atoms with van der Waals surface area (Å²) in [6, 6.07) is 39.0. The molecule has 4 aromatic rings. The lowest BCUT2D eigenvalue weighted by Gasteiger charge is -2.58. The maximum Gasteiger partial charge on any atom is 0.0811 e. The number of hydrogen-bond acceptors (Lipinski definition) is 4. The Morgan fingerprint density at radius 2 is 0.676 bits per heavy atom. The number of fused-ring (bicyclic) bond motifs is 2. The van der Waals surface area contributed by atoms with Gasteiger partial charge in [0.2, 0.25) is 0 Å². The van der Waals surface area contributed by atoms with Crippen LogP contribution in [-0.2, 0) is 0 Å². The van der Waals surface area contributed by atoms with E-state index in [2.05, 4.69) is 59.1 Å². The van der Waals surface area contributed by atoms with E-state index in [9.17, 15) is 9.81 Å². The van der Waals surface area contributed by atoms with Crippen LogP contribution in [0.25, 0.3) is 0 Å². The number of hydrogen-bond donors (Lipinski definition) is 0. The topological polar surface area (TPSA) is 65.3 Å². The first-order valence-electron chi connectivity index (χ1n) is 12.7. The van der Waals surface area contributed by atoms with E-state index < -0.39 is 0 Å². The van der Waals surface area contributed by atoms with Crippen LogP contribution in [0.4, 0.5) is 0 Å². The molecule has 4 atom stereocenters. The Bertz CT molecular complexity index is 1140. The molecule has 2 bridgehead atoms. The highest BCUT2D eigenvalue weighted by Crippen LogP contribution is 2.62. The van der Waals surface area contributed by atoms with Gasteiger partial charge in [-0.2, -0.15) is 0 Å². The molecule has 6 nitrogen and oxygen atoms in total. The molecular weight excluding hydrogens is 460 g/mol. The van der Waals surface area contributed by atoms with Crippen molar-refractivity contribution in [3.05, 3.63) is 153 Å². The Balaban J connectivity index is 1.60. The normalized spacial score (nSPS) is 26.9. The zero-order valence-electron chi connectivity index (χ0n) is 20.3. The first-order valence-corrected chi connectivity index (χ1v) is 12.7. The zero-order valence-corrected chi connectivity index (χ0v) is 20.3. The van der Waals surface area contributed by atoms with E-state index in [1.807, 2.05) is 72.8 Å². The van der Waals surface area contributed by atoms with Crippen molar-refractivity contribution in [1.29, 1.82) is 0 Å². The molecule has 2 aliphatic rings. The molecular formula is C31H28N4O2. The van der Waals surface area contributed by atoms with Crippen LogP contribution in [0.2, 0.25) is 0 Å². The lowest BCUT2D eigenvalue weighted by Crippen LogP contribution is -2.55. The fraction of sp³-hybridized carbons (Fsp3) is 0.226. The summed E-state index contributed by atoms with van der Waals surface area (Å²) in [5.74, 6) is -0.157. The van der Waals surface area contributed by atoms with E-state index in [1.165, 1.54) is 0 Å². The highest BCUT2D eigenvalue weighted by Gasteiger charge is 2.57. The lowest BCUT2D eigenvalue weighted by atomic mass is 9.64. The number of nitroso groups, excluding NO2 is 2. The summed E-state index contributed by atoms with van der Waals surface area (Å²) in [5, 5.41) is 10.9. The van der Waals surface area contributed by atoms with E-state index in [-0.39, 0.29) is 36.0 Å². The highest BCUT2D eigenvalue weighted by molar-refractivity contribution is 5.33. The Morgan fingerprint density at radius 3 is 0.892 bits per heavy atom. The smallest absolute Gasteiger partial charge is 0.0811 e. The van der Waals surface area contributed by atoms with E-state index in [0.717, 1.165) is 28.7 Å². The van der Waals surface area contributed by atoms with Crippen molar-refractivity contribution in [2.75, 3.05) is 0 Å². The molecule has 4 aromatic carbocycles. The van der Waals surface area contributed by atoms with Crippen molar-refractivity contribution in [3.8, 4) is 0 Å². The van der Waals surface area contributed by atoms with E-state index in [4.69, 9.17) is 0 Å². The third-order valence-electron chi connectivity index (χ3n) is 8.06. The van der Waals surface area contributed by atoms with Crippen LogP contribution in [0.1, 0.15) is 52.8 Å².